The maximum Gasteiger partial charge on any atom is 0.435 e. The Kier molecular flexibility index (Phi) is 5.87. The first-order chi connectivity index (χ1) is 13.8. The lowest BCUT2D eigenvalue weighted by Gasteiger charge is -2.27. The van der Waals surface area contributed by atoms with Crippen LogP contribution < -0.4 is 5.32 Å². The van der Waals surface area contributed by atoms with Gasteiger partial charge in [0.25, 0.3) is 6.43 Å². The average Bonchev–Trinajstić information content (AvgIpc) is 3.24. The van der Waals surface area contributed by atoms with Crippen molar-refractivity contribution in [2.45, 2.75) is 64.1 Å². The highest BCUT2D eigenvalue weighted by Crippen LogP contribution is 2.41. The second kappa shape index (κ2) is 7.82. The summed E-state index contributed by atoms with van der Waals surface area (Å²) in [7, 11) is 0. The first kappa shape index (κ1) is 22.5. The van der Waals surface area contributed by atoms with Crippen molar-refractivity contribution in [3.05, 3.63) is 34.4 Å². The summed E-state index contributed by atoms with van der Waals surface area (Å²) in [5.41, 5.74) is -3.62. The van der Waals surface area contributed by atoms with Crippen molar-refractivity contribution in [2.75, 3.05) is 6.54 Å². The van der Waals surface area contributed by atoms with Crippen molar-refractivity contribution >= 4 is 0 Å². The molecule has 2 aromatic rings. The molecule has 0 fully saturated rings. The number of halogens is 8. The van der Waals surface area contributed by atoms with Gasteiger partial charge in [-0.05, 0) is 20.3 Å². The van der Waals surface area contributed by atoms with Gasteiger partial charge < -0.3 is 5.32 Å². The zero-order valence-corrected chi connectivity index (χ0v) is 16.0. The number of fused-ring (bicyclic) bond motifs is 1. The highest BCUT2D eigenvalue weighted by molar-refractivity contribution is 5.35. The second-order valence-corrected chi connectivity index (χ2v) is 7.15. The summed E-state index contributed by atoms with van der Waals surface area (Å²) in [5.74, 6) is -0.728. The summed E-state index contributed by atoms with van der Waals surface area (Å²) < 4.78 is 108. The topological polar surface area (TPSA) is 47.7 Å². The summed E-state index contributed by atoms with van der Waals surface area (Å²) in [5, 5.41) is 9.92. The van der Waals surface area contributed by atoms with E-state index < -0.39 is 47.7 Å². The van der Waals surface area contributed by atoms with Crippen LogP contribution in [-0.2, 0) is 25.4 Å². The van der Waals surface area contributed by atoms with Gasteiger partial charge in [0, 0.05) is 43.4 Å². The van der Waals surface area contributed by atoms with Gasteiger partial charge in [-0.3, -0.25) is 9.36 Å². The summed E-state index contributed by atoms with van der Waals surface area (Å²) in [6.45, 7) is 3.61. The highest BCUT2D eigenvalue weighted by atomic mass is 19.4. The molecule has 0 aromatic carbocycles. The number of hydrogen-bond donors (Lipinski definition) is 1. The molecule has 3 rings (SSSR count). The molecule has 13 heteroatoms. The Morgan fingerprint density at radius 1 is 1.10 bits per heavy atom. The van der Waals surface area contributed by atoms with Crippen LogP contribution in [0.1, 0.15) is 66.9 Å². The van der Waals surface area contributed by atoms with Crippen molar-refractivity contribution < 1.29 is 35.1 Å². The van der Waals surface area contributed by atoms with Crippen LogP contribution in [0.3, 0.4) is 0 Å². The summed E-state index contributed by atoms with van der Waals surface area (Å²) in [6, 6.07) is -0.859. The predicted molar refractivity (Wildman–Crippen MR) is 88.9 cm³/mol. The van der Waals surface area contributed by atoms with E-state index in [-0.39, 0.29) is 31.6 Å². The molecule has 168 valence electrons. The molecule has 1 N–H and O–H groups in total. The quantitative estimate of drug-likeness (QED) is 0.666. The number of nitrogens with zero attached hydrogens (tertiary/aromatic N) is 4. The molecule has 3 heterocycles. The number of alkyl halides is 8. The Morgan fingerprint density at radius 3 is 2.23 bits per heavy atom. The fourth-order valence-corrected chi connectivity index (χ4v) is 3.80. The van der Waals surface area contributed by atoms with E-state index in [1.165, 1.54) is 11.6 Å². The summed E-state index contributed by atoms with van der Waals surface area (Å²) in [6.07, 6.45) is -12.6. The lowest BCUT2D eigenvalue weighted by atomic mass is 9.88. The molecule has 30 heavy (non-hydrogen) atoms. The number of hydrogen-bond acceptors (Lipinski definition) is 3. The Bertz CT molecular complexity index is 895. The maximum absolute atomic E-state index is 13.5. The lowest BCUT2D eigenvalue weighted by molar-refractivity contribution is -0.144. The fourth-order valence-electron chi connectivity index (χ4n) is 3.80. The molecule has 1 aliphatic heterocycles. The van der Waals surface area contributed by atoms with Crippen LogP contribution in [-0.4, -0.2) is 26.1 Å². The van der Waals surface area contributed by atoms with Gasteiger partial charge in [-0.15, -0.1) is 0 Å². The maximum atomic E-state index is 13.5. The number of rotatable bonds is 5. The van der Waals surface area contributed by atoms with Crippen molar-refractivity contribution in [1.29, 1.82) is 0 Å². The number of aromatic nitrogens is 4. The van der Waals surface area contributed by atoms with E-state index in [1.807, 2.05) is 0 Å². The zero-order chi connectivity index (χ0) is 22.4. The largest absolute Gasteiger partial charge is 0.435 e. The Morgan fingerprint density at radius 2 is 1.73 bits per heavy atom. The molecular weight excluding hydrogens is 426 g/mol. The molecule has 0 saturated carbocycles. The van der Waals surface area contributed by atoms with E-state index in [1.54, 1.807) is 6.92 Å². The molecule has 2 unspecified atom stereocenters. The van der Waals surface area contributed by atoms with Gasteiger partial charge in [0.05, 0.1) is 11.3 Å². The third kappa shape index (κ3) is 4.16. The second-order valence-electron chi connectivity index (χ2n) is 7.15. The minimum Gasteiger partial charge on any atom is -0.311 e. The van der Waals surface area contributed by atoms with E-state index >= 15 is 0 Å². The molecule has 0 bridgehead atoms. The standard InChI is InChI=1S/C17H19F8N5/c1-3-29-11-6-26-5-9(12(11)14(28-29)17(23,24)25)4-8(2)30-7-10(15(18)19)13(27-30)16(20,21)22/h7-9,15,26H,3-6H2,1-2H3. The van der Waals surface area contributed by atoms with Gasteiger partial charge in [0.15, 0.2) is 11.4 Å². The van der Waals surface area contributed by atoms with E-state index in [9.17, 15) is 35.1 Å². The fraction of sp³-hybridized carbons (Fsp3) is 0.647. The Hall–Kier alpha value is -2.18. The normalized spacial score (nSPS) is 18.7. The lowest BCUT2D eigenvalue weighted by Crippen LogP contribution is -2.31. The Balaban J connectivity index is 1.95. The first-order valence-electron chi connectivity index (χ1n) is 9.16. The van der Waals surface area contributed by atoms with Crippen LogP contribution in [0.25, 0.3) is 0 Å². The summed E-state index contributed by atoms with van der Waals surface area (Å²) >= 11 is 0. The average molecular weight is 445 g/mol. The smallest absolute Gasteiger partial charge is 0.311 e. The minimum absolute atomic E-state index is 0.00719. The van der Waals surface area contributed by atoms with Crippen LogP contribution >= 0.6 is 0 Å². The molecule has 0 saturated heterocycles. The molecule has 0 amide bonds. The molecule has 5 nitrogen and oxygen atoms in total. The van der Waals surface area contributed by atoms with Crippen LogP contribution in [0.2, 0.25) is 0 Å². The van der Waals surface area contributed by atoms with E-state index in [0.29, 0.717) is 11.9 Å². The highest BCUT2D eigenvalue weighted by Gasteiger charge is 2.43. The van der Waals surface area contributed by atoms with E-state index in [0.717, 1.165) is 4.68 Å². The molecule has 0 aliphatic carbocycles. The van der Waals surface area contributed by atoms with Crippen molar-refractivity contribution in [2.24, 2.45) is 0 Å². The van der Waals surface area contributed by atoms with Gasteiger partial charge in [0.2, 0.25) is 0 Å². The zero-order valence-electron chi connectivity index (χ0n) is 16.0. The van der Waals surface area contributed by atoms with E-state index in [4.69, 9.17) is 0 Å². The number of aryl methyl sites for hydroxylation is 1. The van der Waals surface area contributed by atoms with E-state index in [2.05, 4.69) is 15.5 Å². The number of nitrogens with one attached hydrogen (secondary N) is 1. The van der Waals surface area contributed by atoms with Crippen LogP contribution in [0.5, 0.6) is 0 Å². The third-order valence-electron chi connectivity index (χ3n) is 5.10. The van der Waals surface area contributed by atoms with Crippen molar-refractivity contribution in [3.8, 4) is 0 Å². The predicted octanol–water partition coefficient (Wildman–Crippen LogP) is 4.91. The molecule has 0 spiro atoms. The van der Waals surface area contributed by atoms with Crippen molar-refractivity contribution in [1.82, 2.24) is 24.9 Å². The Labute approximate surface area is 166 Å². The molecular formula is C17H19F8N5. The molecule has 2 atom stereocenters. The SMILES string of the molecule is CCn1nc(C(F)(F)F)c2c1CNCC2CC(C)n1cc(C(F)F)c(C(F)(F)F)n1. The van der Waals surface area contributed by atoms with Crippen LogP contribution in [0.4, 0.5) is 35.1 Å². The van der Waals surface area contributed by atoms with Gasteiger partial charge in [-0.1, -0.05) is 0 Å². The summed E-state index contributed by atoms with van der Waals surface area (Å²) in [4.78, 5) is 0. The van der Waals surface area contributed by atoms with Gasteiger partial charge >= 0.3 is 12.4 Å². The van der Waals surface area contributed by atoms with Gasteiger partial charge in [-0.2, -0.15) is 36.5 Å². The monoisotopic (exact) mass is 445 g/mol. The van der Waals surface area contributed by atoms with Gasteiger partial charge in [-0.25, -0.2) is 8.78 Å². The minimum atomic E-state index is -5.07. The van der Waals surface area contributed by atoms with Crippen LogP contribution in [0, 0.1) is 0 Å². The van der Waals surface area contributed by atoms with Crippen molar-refractivity contribution in [3.63, 3.8) is 0 Å². The first-order valence-corrected chi connectivity index (χ1v) is 9.16. The van der Waals surface area contributed by atoms with Gasteiger partial charge in [0.1, 0.15) is 0 Å². The molecule has 0 radical (unpaired) electrons. The third-order valence-corrected chi connectivity index (χ3v) is 5.10. The molecule has 1 aliphatic rings. The van der Waals surface area contributed by atoms with Crippen LogP contribution in [0.15, 0.2) is 6.20 Å². The molecule has 2 aromatic heterocycles.